The van der Waals surface area contributed by atoms with Gasteiger partial charge in [0, 0.05) is 20.1 Å². The number of nitrogens with two attached hydrogens (primary N) is 1. The van der Waals surface area contributed by atoms with Crippen LogP contribution >= 0.6 is 0 Å². The lowest BCUT2D eigenvalue weighted by Gasteiger charge is -2.13. The first-order valence-electron chi connectivity index (χ1n) is 5.26. The number of rotatable bonds is 9. The smallest absolute Gasteiger partial charge is 0.325 e. The van der Waals surface area contributed by atoms with E-state index in [9.17, 15) is 4.79 Å². The fraction of sp³-hybridized carbons (Fsp3) is 0.900. The summed E-state index contributed by atoms with van der Waals surface area (Å²) in [6.45, 7) is 3.26. The number of carbonyl (C=O) groups is 1. The first-order valence-corrected chi connectivity index (χ1v) is 5.26. The fourth-order valence-electron chi connectivity index (χ4n) is 0.871. The summed E-state index contributed by atoms with van der Waals surface area (Å²) in [5.74, 6) is -0.591. The third-order valence-electron chi connectivity index (χ3n) is 1.90. The molecular weight excluding hydrogens is 214 g/mol. The highest BCUT2D eigenvalue weighted by molar-refractivity contribution is 5.76. The molecule has 0 aromatic rings. The minimum absolute atomic E-state index is 0.242. The van der Waals surface area contributed by atoms with Gasteiger partial charge in [0.25, 0.3) is 0 Å². The zero-order valence-corrected chi connectivity index (χ0v) is 9.85. The normalized spacial score (nSPS) is 14.5. The van der Waals surface area contributed by atoms with Gasteiger partial charge in [0.05, 0.1) is 25.9 Å². The molecule has 0 bridgehead atoms. The van der Waals surface area contributed by atoms with Crippen LogP contribution in [0.25, 0.3) is 0 Å². The molecule has 0 fully saturated rings. The van der Waals surface area contributed by atoms with Gasteiger partial charge in [-0.25, -0.2) is 0 Å². The van der Waals surface area contributed by atoms with Crippen molar-refractivity contribution in [3.63, 3.8) is 0 Å². The largest absolute Gasteiger partial charge is 0.464 e. The number of carbonyl (C=O) groups excluding carboxylic acids is 1. The van der Waals surface area contributed by atoms with Crippen LogP contribution in [-0.2, 0) is 19.0 Å². The first kappa shape index (κ1) is 15.3. The molecule has 0 aliphatic carbocycles. The van der Waals surface area contributed by atoms with Crippen molar-refractivity contribution in [1.82, 2.24) is 0 Å². The standard InChI is InChI=1S/C10H21NO5/c1-8(12)9(11)10(13)16-5-3-4-15-7-6-14-2/h8-9,12H,3-7,11H2,1-2H3/t8-,9+/m1/s1. The van der Waals surface area contributed by atoms with E-state index in [0.717, 1.165) is 0 Å². The topological polar surface area (TPSA) is 91.0 Å². The van der Waals surface area contributed by atoms with Gasteiger partial charge in [-0.3, -0.25) is 4.79 Å². The molecule has 0 aliphatic rings. The van der Waals surface area contributed by atoms with Crippen LogP contribution in [0.4, 0.5) is 0 Å². The van der Waals surface area contributed by atoms with E-state index in [1.54, 1.807) is 7.11 Å². The second-order valence-electron chi connectivity index (χ2n) is 3.39. The highest BCUT2D eigenvalue weighted by atomic mass is 16.5. The van der Waals surface area contributed by atoms with E-state index in [0.29, 0.717) is 26.2 Å². The summed E-state index contributed by atoms with van der Waals surface area (Å²) < 4.78 is 14.8. The van der Waals surface area contributed by atoms with E-state index in [1.807, 2.05) is 0 Å². The van der Waals surface area contributed by atoms with Gasteiger partial charge >= 0.3 is 5.97 Å². The van der Waals surface area contributed by atoms with Gasteiger partial charge in [-0.15, -0.1) is 0 Å². The van der Waals surface area contributed by atoms with E-state index in [2.05, 4.69) is 0 Å². The molecule has 0 heterocycles. The van der Waals surface area contributed by atoms with E-state index < -0.39 is 18.1 Å². The Kier molecular flexibility index (Phi) is 9.12. The second kappa shape index (κ2) is 9.53. The fourth-order valence-corrected chi connectivity index (χ4v) is 0.871. The van der Waals surface area contributed by atoms with Crippen LogP contribution in [0.2, 0.25) is 0 Å². The van der Waals surface area contributed by atoms with Gasteiger partial charge in [-0.1, -0.05) is 0 Å². The molecule has 16 heavy (non-hydrogen) atoms. The summed E-state index contributed by atoms with van der Waals surface area (Å²) in [5.41, 5.74) is 5.37. The van der Waals surface area contributed by atoms with Crippen molar-refractivity contribution in [2.75, 3.05) is 33.5 Å². The molecular formula is C10H21NO5. The molecule has 0 aliphatic heterocycles. The number of aliphatic hydroxyl groups is 1. The molecule has 96 valence electrons. The highest BCUT2D eigenvalue weighted by Gasteiger charge is 2.19. The third-order valence-corrected chi connectivity index (χ3v) is 1.90. The molecule has 0 saturated heterocycles. The monoisotopic (exact) mass is 235 g/mol. The van der Waals surface area contributed by atoms with Gasteiger partial charge in [0.2, 0.25) is 0 Å². The Balaban J connectivity index is 3.34. The van der Waals surface area contributed by atoms with Crippen LogP contribution in [-0.4, -0.2) is 56.8 Å². The molecule has 0 aromatic heterocycles. The number of hydrogen-bond acceptors (Lipinski definition) is 6. The lowest BCUT2D eigenvalue weighted by Crippen LogP contribution is -2.41. The maximum Gasteiger partial charge on any atom is 0.325 e. The lowest BCUT2D eigenvalue weighted by atomic mass is 10.2. The van der Waals surface area contributed by atoms with Crippen molar-refractivity contribution in [2.45, 2.75) is 25.5 Å². The van der Waals surface area contributed by atoms with Crippen molar-refractivity contribution in [3.05, 3.63) is 0 Å². The van der Waals surface area contributed by atoms with E-state index in [-0.39, 0.29) is 6.61 Å². The molecule has 0 radical (unpaired) electrons. The quantitative estimate of drug-likeness (QED) is 0.405. The Morgan fingerprint density at radius 2 is 2.00 bits per heavy atom. The molecule has 6 nitrogen and oxygen atoms in total. The van der Waals surface area contributed by atoms with Crippen LogP contribution < -0.4 is 5.73 Å². The number of methoxy groups -OCH3 is 1. The third kappa shape index (κ3) is 7.58. The molecule has 0 spiro atoms. The van der Waals surface area contributed by atoms with Crippen molar-refractivity contribution < 1.29 is 24.1 Å². The van der Waals surface area contributed by atoms with Crippen molar-refractivity contribution in [2.24, 2.45) is 5.73 Å². The lowest BCUT2D eigenvalue weighted by molar-refractivity contribution is -0.148. The summed E-state index contributed by atoms with van der Waals surface area (Å²) in [6, 6.07) is -0.977. The predicted octanol–water partition coefficient (Wildman–Crippen LogP) is -0.709. The van der Waals surface area contributed by atoms with Crippen molar-refractivity contribution in [1.29, 1.82) is 0 Å². The van der Waals surface area contributed by atoms with Crippen molar-refractivity contribution >= 4 is 5.97 Å². The summed E-state index contributed by atoms with van der Waals surface area (Å²) in [4.78, 5) is 11.2. The maximum atomic E-state index is 11.2. The average Bonchev–Trinajstić information content (AvgIpc) is 2.26. The first-order chi connectivity index (χ1) is 7.59. The van der Waals surface area contributed by atoms with E-state index >= 15 is 0 Å². The highest BCUT2D eigenvalue weighted by Crippen LogP contribution is 1.94. The zero-order chi connectivity index (χ0) is 12.4. The molecule has 0 aromatic carbocycles. The zero-order valence-electron chi connectivity index (χ0n) is 9.85. The van der Waals surface area contributed by atoms with Crippen LogP contribution in [0.15, 0.2) is 0 Å². The molecule has 0 rings (SSSR count). The number of aliphatic hydroxyl groups excluding tert-OH is 1. The SMILES string of the molecule is COCCOCCCOC(=O)[C@@H](N)[C@@H](C)O. The van der Waals surface area contributed by atoms with Crippen LogP contribution in [0.1, 0.15) is 13.3 Å². The van der Waals surface area contributed by atoms with Crippen LogP contribution in [0.5, 0.6) is 0 Å². The molecule has 3 N–H and O–H groups in total. The minimum atomic E-state index is -0.977. The van der Waals surface area contributed by atoms with E-state index in [1.165, 1.54) is 6.92 Å². The Labute approximate surface area is 95.7 Å². The molecule has 0 amide bonds. The Morgan fingerprint density at radius 3 is 2.56 bits per heavy atom. The number of hydrogen-bond donors (Lipinski definition) is 2. The number of ether oxygens (including phenoxy) is 3. The predicted molar refractivity (Wildman–Crippen MR) is 57.9 cm³/mol. The number of esters is 1. The average molecular weight is 235 g/mol. The molecule has 0 unspecified atom stereocenters. The molecule has 2 atom stereocenters. The van der Waals surface area contributed by atoms with Crippen LogP contribution in [0, 0.1) is 0 Å². The minimum Gasteiger partial charge on any atom is -0.464 e. The van der Waals surface area contributed by atoms with Gasteiger partial charge < -0.3 is 25.1 Å². The van der Waals surface area contributed by atoms with Gasteiger partial charge in [0.1, 0.15) is 6.04 Å². The van der Waals surface area contributed by atoms with Crippen LogP contribution in [0.3, 0.4) is 0 Å². The van der Waals surface area contributed by atoms with E-state index in [4.69, 9.17) is 25.1 Å². The summed E-state index contributed by atoms with van der Waals surface area (Å²) in [5, 5.41) is 9.03. The Bertz CT molecular complexity index is 186. The Morgan fingerprint density at radius 1 is 1.31 bits per heavy atom. The maximum absolute atomic E-state index is 11.2. The van der Waals surface area contributed by atoms with Crippen molar-refractivity contribution in [3.8, 4) is 0 Å². The molecule has 0 saturated carbocycles. The summed E-state index contributed by atoms with van der Waals surface area (Å²) >= 11 is 0. The second-order valence-corrected chi connectivity index (χ2v) is 3.39. The van der Waals surface area contributed by atoms with Gasteiger partial charge in [0.15, 0.2) is 0 Å². The summed E-state index contributed by atoms with van der Waals surface area (Å²) in [6.07, 6.45) is -0.299. The van der Waals surface area contributed by atoms with Gasteiger partial charge in [-0.05, 0) is 6.92 Å². The Hall–Kier alpha value is -0.690. The molecule has 6 heteroatoms. The summed E-state index contributed by atoms with van der Waals surface area (Å²) in [7, 11) is 1.60. The van der Waals surface area contributed by atoms with Gasteiger partial charge in [-0.2, -0.15) is 0 Å².